The zero-order valence-corrected chi connectivity index (χ0v) is 10.5. The van der Waals surface area contributed by atoms with E-state index in [1.807, 2.05) is 6.07 Å². The van der Waals surface area contributed by atoms with Gasteiger partial charge < -0.3 is 4.90 Å². The van der Waals surface area contributed by atoms with Crippen LogP contribution in [-0.2, 0) is 0 Å². The molecule has 94 valence electrons. The number of nitriles is 1. The Morgan fingerprint density at radius 2 is 1.94 bits per heavy atom. The van der Waals surface area contributed by atoms with E-state index in [0.717, 1.165) is 18.3 Å². The molecule has 0 aromatic carbocycles. The minimum absolute atomic E-state index is 0.398. The smallest absolute Gasteiger partial charge is 0.158 e. The topological polar surface area (TPSA) is 52.8 Å². The first-order valence-corrected chi connectivity index (χ1v) is 6.87. The van der Waals surface area contributed by atoms with Gasteiger partial charge in [0, 0.05) is 12.6 Å². The van der Waals surface area contributed by atoms with Crippen LogP contribution in [0.15, 0.2) is 12.4 Å². The van der Waals surface area contributed by atoms with Crippen molar-refractivity contribution in [3.63, 3.8) is 0 Å². The second-order valence-corrected chi connectivity index (χ2v) is 5.32. The molecule has 4 nitrogen and oxygen atoms in total. The molecule has 0 radical (unpaired) electrons. The van der Waals surface area contributed by atoms with Gasteiger partial charge in [-0.1, -0.05) is 12.8 Å². The fourth-order valence-corrected chi connectivity index (χ4v) is 3.44. The van der Waals surface area contributed by atoms with Gasteiger partial charge in [0.1, 0.15) is 11.9 Å². The van der Waals surface area contributed by atoms with E-state index in [9.17, 15) is 0 Å². The molecule has 0 amide bonds. The summed E-state index contributed by atoms with van der Waals surface area (Å²) in [6.07, 6.45) is 11.4. The van der Waals surface area contributed by atoms with Crippen LogP contribution in [0.1, 0.15) is 44.2 Å². The molecule has 1 unspecified atom stereocenters. The lowest BCUT2D eigenvalue weighted by Crippen LogP contribution is -2.35. The number of anilines is 1. The van der Waals surface area contributed by atoms with Gasteiger partial charge in [0.25, 0.3) is 0 Å². The monoisotopic (exact) mass is 242 g/mol. The van der Waals surface area contributed by atoms with Gasteiger partial charge >= 0.3 is 0 Å². The van der Waals surface area contributed by atoms with Crippen molar-refractivity contribution in [2.75, 3.05) is 11.4 Å². The Morgan fingerprint density at radius 3 is 2.61 bits per heavy atom. The average Bonchev–Trinajstić information content (AvgIpc) is 3.09. The van der Waals surface area contributed by atoms with Gasteiger partial charge in [-0.2, -0.15) is 5.26 Å². The van der Waals surface area contributed by atoms with Crippen molar-refractivity contribution in [1.82, 2.24) is 9.97 Å². The maximum absolute atomic E-state index is 8.75. The van der Waals surface area contributed by atoms with Crippen LogP contribution in [0.25, 0.3) is 0 Å². The van der Waals surface area contributed by atoms with Gasteiger partial charge in [-0.3, -0.25) is 0 Å². The highest BCUT2D eigenvalue weighted by Gasteiger charge is 2.33. The van der Waals surface area contributed by atoms with E-state index >= 15 is 0 Å². The van der Waals surface area contributed by atoms with Gasteiger partial charge in [0.15, 0.2) is 5.69 Å². The van der Waals surface area contributed by atoms with E-state index in [1.165, 1.54) is 38.5 Å². The molecule has 2 aliphatic rings. The molecule has 0 spiro atoms. The molecule has 1 aromatic rings. The molecule has 1 saturated carbocycles. The lowest BCUT2D eigenvalue weighted by atomic mass is 9.96. The first-order chi connectivity index (χ1) is 8.88. The van der Waals surface area contributed by atoms with E-state index in [1.54, 1.807) is 12.4 Å². The summed E-state index contributed by atoms with van der Waals surface area (Å²) in [4.78, 5) is 10.9. The summed E-state index contributed by atoms with van der Waals surface area (Å²) in [5.74, 6) is 1.79. The molecule has 1 aromatic heterocycles. The summed E-state index contributed by atoms with van der Waals surface area (Å²) < 4.78 is 0. The van der Waals surface area contributed by atoms with Crippen molar-refractivity contribution in [2.45, 2.75) is 44.6 Å². The van der Waals surface area contributed by atoms with Crippen LogP contribution >= 0.6 is 0 Å². The first-order valence-electron chi connectivity index (χ1n) is 6.87. The SMILES string of the molecule is N#Cc1cnc(N2CCCC2C2CCCC2)cn1. The van der Waals surface area contributed by atoms with Crippen molar-refractivity contribution < 1.29 is 0 Å². The molecule has 4 heteroatoms. The molecule has 3 rings (SSSR count). The van der Waals surface area contributed by atoms with Gasteiger partial charge in [-0.25, -0.2) is 9.97 Å². The van der Waals surface area contributed by atoms with Crippen LogP contribution in [0.4, 0.5) is 5.82 Å². The van der Waals surface area contributed by atoms with Crippen LogP contribution in [0.3, 0.4) is 0 Å². The van der Waals surface area contributed by atoms with Crippen molar-refractivity contribution >= 4 is 5.82 Å². The Hall–Kier alpha value is -1.63. The molecule has 18 heavy (non-hydrogen) atoms. The number of hydrogen-bond acceptors (Lipinski definition) is 4. The summed E-state index contributed by atoms with van der Waals surface area (Å²) in [6, 6.07) is 2.67. The van der Waals surface area contributed by atoms with E-state index in [-0.39, 0.29) is 0 Å². The van der Waals surface area contributed by atoms with Gasteiger partial charge in [0.2, 0.25) is 0 Å². The van der Waals surface area contributed by atoms with Crippen LogP contribution in [-0.4, -0.2) is 22.6 Å². The Labute approximate surface area is 108 Å². The third kappa shape index (κ3) is 2.05. The fourth-order valence-electron chi connectivity index (χ4n) is 3.44. The van der Waals surface area contributed by atoms with E-state index in [2.05, 4.69) is 14.9 Å². The molecule has 1 aliphatic heterocycles. The van der Waals surface area contributed by atoms with Crippen LogP contribution in [0.5, 0.6) is 0 Å². The Kier molecular flexibility index (Phi) is 3.14. The highest BCUT2D eigenvalue weighted by molar-refractivity contribution is 5.40. The van der Waals surface area contributed by atoms with E-state index in [0.29, 0.717) is 11.7 Å². The van der Waals surface area contributed by atoms with Crippen molar-refractivity contribution in [3.8, 4) is 6.07 Å². The molecule has 1 atom stereocenters. The number of nitrogens with zero attached hydrogens (tertiary/aromatic N) is 4. The summed E-state index contributed by atoms with van der Waals surface area (Å²) >= 11 is 0. The molecule has 0 bridgehead atoms. The first kappa shape index (κ1) is 11.5. The maximum Gasteiger partial charge on any atom is 0.158 e. The highest BCUT2D eigenvalue weighted by atomic mass is 15.2. The largest absolute Gasteiger partial charge is 0.352 e. The number of aromatic nitrogens is 2. The van der Waals surface area contributed by atoms with Crippen LogP contribution in [0.2, 0.25) is 0 Å². The maximum atomic E-state index is 8.75. The third-order valence-corrected chi connectivity index (χ3v) is 4.29. The van der Waals surface area contributed by atoms with Crippen molar-refractivity contribution in [3.05, 3.63) is 18.1 Å². The summed E-state index contributed by atoms with van der Waals surface area (Å²) in [5, 5.41) is 8.75. The predicted molar refractivity (Wildman–Crippen MR) is 69.1 cm³/mol. The quantitative estimate of drug-likeness (QED) is 0.799. The number of hydrogen-bond donors (Lipinski definition) is 0. The van der Waals surface area contributed by atoms with Gasteiger partial charge in [-0.15, -0.1) is 0 Å². The van der Waals surface area contributed by atoms with Gasteiger partial charge in [-0.05, 0) is 31.6 Å². The Morgan fingerprint density at radius 1 is 1.11 bits per heavy atom. The zero-order chi connectivity index (χ0) is 12.4. The summed E-state index contributed by atoms with van der Waals surface area (Å²) in [6.45, 7) is 1.09. The lowest BCUT2D eigenvalue weighted by Gasteiger charge is -2.30. The normalized spacial score (nSPS) is 24.4. The molecular weight excluding hydrogens is 224 g/mol. The number of rotatable bonds is 2. The summed E-state index contributed by atoms with van der Waals surface area (Å²) in [7, 11) is 0. The van der Waals surface area contributed by atoms with Crippen LogP contribution < -0.4 is 4.90 Å². The fraction of sp³-hybridized carbons (Fsp3) is 0.643. The molecular formula is C14H18N4. The van der Waals surface area contributed by atoms with Crippen LogP contribution in [0, 0.1) is 17.2 Å². The van der Waals surface area contributed by atoms with E-state index in [4.69, 9.17) is 5.26 Å². The lowest BCUT2D eigenvalue weighted by molar-refractivity contribution is 0.429. The van der Waals surface area contributed by atoms with Crippen molar-refractivity contribution in [2.24, 2.45) is 5.92 Å². The Balaban J connectivity index is 1.79. The second kappa shape index (κ2) is 4.93. The average molecular weight is 242 g/mol. The molecule has 1 saturated heterocycles. The minimum atomic E-state index is 0.398. The van der Waals surface area contributed by atoms with E-state index < -0.39 is 0 Å². The third-order valence-electron chi connectivity index (χ3n) is 4.29. The summed E-state index contributed by atoms with van der Waals surface area (Å²) in [5.41, 5.74) is 0.398. The highest BCUT2D eigenvalue weighted by Crippen LogP contribution is 2.36. The molecule has 0 N–H and O–H groups in total. The standard InChI is InChI=1S/C14H18N4/c15-8-12-9-17-14(10-16-12)18-7-3-6-13(18)11-4-1-2-5-11/h9-11,13H,1-7H2. The molecule has 2 heterocycles. The van der Waals surface area contributed by atoms with Gasteiger partial charge in [0.05, 0.1) is 12.4 Å². The molecule has 1 aliphatic carbocycles. The second-order valence-electron chi connectivity index (χ2n) is 5.32. The molecule has 2 fully saturated rings. The minimum Gasteiger partial charge on any atom is -0.352 e. The Bertz CT molecular complexity index is 442. The zero-order valence-electron chi connectivity index (χ0n) is 10.5. The van der Waals surface area contributed by atoms with Crippen molar-refractivity contribution in [1.29, 1.82) is 5.26 Å². The predicted octanol–water partition coefficient (Wildman–Crippen LogP) is 2.51.